The zero-order chi connectivity index (χ0) is 22.5. The first kappa shape index (κ1) is 22.8. The molecule has 168 valence electrons. The van der Waals surface area contributed by atoms with Crippen molar-refractivity contribution in [2.24, 2.45) is 23.7 Å². The number of carbonyl (C=O) groups excluding carboxylic acids is 4. The highest BCUT2D eigenvalue weighted by Crippen LogP contribution is 2.37. The molecule has 0 amide bonds. The summed E-state index contributed by atoms with van der Waals surface area (Å²) in [4.78, 5) is 51.0. The second-order valence-corrected chi connectivity index (χ2v) is 8.18. The quantitative estimate of drug-likeness (QED) is 0.519. The van der Waals surface area contributed by atoms with Gasteiger partial charge in [-0.1, -0.05) is 6.07 Å². The smallest absolute Gasteiger partial charge is 0.315 e. The van der Waals surface area contributed by atoms with Gasteiger partial charge in [-0.05, 0) is 63.1 Å². The van der Waals surface area contributed by atoms with E-state index >= 15 is 0 Å². The number of aryl methyl sites for hydroxylation is 1. The maximum atomic E-state index is 13.2. The van der Waals surface area contributed by atoms with Crippen molar-refractivity contribution in [1.82, 2.24) is 0 Å². The molecule has 0 N–H and O–H groups in total. The van der Waals surface area contributed by atoms with Gasteiger partial charge in [-0.3, -0.25) is 19.2 Å². The number of hydrogen-bond acceptors (Lipinski definition) is 8. The molecule has 0 spiro atoms. The van der Waals surface area contributed by atoms with Gasteiger partial charge in [0.15, 0.2) is 11.5 Å². The predicted octanol–water partition coefficient (Wildman–Crippen LogP) is 2.98. The summed E-state index contributed by atoms with van der Waals surface area (Å²) in [5, 5.41) is 0. The van der Waals surface area contributed by atoms with Crippen molar-refractivity contribution in [3.63, 3.8) is 0 Å². The molecular weight excluding hydrogens is 404 g/mol. The third kappa shape index (κ3) is 5.24. The fraction of sp³-hybridized carbons (Fsp3) is 0.565. The first-order chi connectivity index (χ1) is 14.8. The molecule has 31 heavy (non-hydrogen) atoms. The van der Waals surface area contributed by atoms with Gasteiger partial charge in [0, 0.05) is 0 Å². The number of esters is 4. The summed E-state index contributed by atoms with van der Waals surface area (Å²) in [5.41, 5.74) is 0.841. The minimum Gasteiger partial charge on any atom is -0.469 e. The molecule has 0 aromatic heterocycles. The van der Waals surface area contributed by atoms with Crippen LogP contribution in [0, 0.1) is 30.6 Å². The Labute approximate surface area is 181 Å². The summed E-state index contributed by atoms with van der Waals surface area (Å²) in [7, 11) is 2.58. The number of methoxy groups -OCH3 is 2. The highest BCUT2D eigenvalue weighted by atomic mass is 16.6. The average molecular weight is 432 g/mol. The van der Waals surface area contributed by atoms with Crippen molar-refractivity contribution in [3.05, 3.63) is 23.8 Å². The number of rotatable bonds is 2. The maximum Gasteiger partial charge on any atom is 0.315 e. The molecule has 1 saturated carbocycles. The Morgan fingerprint density at radius 2 is 1.48 bits per heavy atom. The monoisotopic (exact) mass is 432 g/mol. The van der Waals surface area contributed by atoms with Crippen LogP contribution in [0.4, 0.5) is 0 Å². The molecule has 2 bridgehead atoms. The van der Waals surface area contributed by atoms with Crippen LogP contribution in [-0.2, 0) is 28.7 Å². The Morgan fingerprint density at radius 3 is 2.19 bits per heavy atom. The molecule has 1 aliphatic carbocycles. The van der Waals surface area contributed by atoms with E-state index in [1.807, 2.05) is 6.92 Å². The molecule has 1 fully saturated rings. The van der Waals surface area contributed by atoms with Gasteiger partial charge in [0.1, 0.15) is 0 Å². The van der Waals surface area contributed by atoms with Crippen LogP contribution in [0.3, 0.4) is 0 Å². The van der Waals surface area contributed by atoms with Crippen LogP contribution in [0.1, 0.15) is 44.1 Å². The molecule has 2 aliphatic rings. The van der Waals surface area contributed by atoms with Gasteiger partial charge in [0.25, 0.3) is 0 Å². The van der Waals surface area contributed by atoms with Crippen LogP contribution >= 0.6 is 0 Å². The van der Waals surface area contributed by atoms with Crippen LogP contribution in [0.5, 0.6) is 11.5 Å². The molecule has 1 aliphatic heterocycles. The second-order valence-electron chi connectivity index (χ2n) is 8.18. The van der Waals surface area contributed by atoms with Gasteiger partial charge < -0.3 is 18.9 Å². The number of benzene rings is 1. The molecular formula is C23H28O8. The molecule has 4 atom stereocenters. The lowest BCUT2D eigenvalue weighted by Crippen LogP contribution is -2.35. The third-order valence-electron chi connectivity index (χ3n) is 6.20. The molecule has 8 heteroatoms. The van der Waals surface area contributed by atoms with E-state index in [1.165, 1.54) is 14.2 Å². The Kier molecular flexibility index (Phi) is 7.30. The highest BCUT2D eigenvalue weighted by Gasteiger charge is 2.40. The Balaban J connectivity index is 2.07. The van der Waals surface area contributed by atoms with Crippen LogP contribution in [-0.4, -0.2) is 38.1 Å². The molecule has 1 aromatic rings. The Bertz CT molecular complexity index is 861. The van der Waals surface area contributed by atoms with Crippen molar-refractivity contribution >= 4 is 23.9 Å². The van der Waals surface area contributed by atoms with Crippen molar-refractivity contribution in [1.29, 1.82) is 0 Å². The lowest BCUT2D eigenvalue weighted by molar-refractivity contribution is -0.156. The van der Waals surface area contributed by atoms with E-state index in [0.717, 1.165) is 5.56 Å². The zero-order valence-electron chi connectivity index (χ0n) is 18.1. The minimum atomic E-state index is -0.819. The van der Waals surface area contributed by atoms with Gasteiger partial charge in [-0.15, -0.1) is 0 Å². The summed E-state index contributed by atoms with van der Waals surface area (Å²) in [6.45, 7) is 1.84. The van der Waals surface area contributed by atoms with Gasteiger partial charge in [0.2, 0.25) is 0 Å². The largest absolute Gasteiger partial charge is 0.469 e. The number of fused-ring (bicyclic) bond motifs is 5. The average Bonchev–Trinajstić information content (AvgIpc) is 2.77. The van der Waals surface area contributed by atoms with E-state index in [1.54, 1.807) is 18.2 Å². The van der Waals surface area contributed by atoms with Crippen LogP contribution in [0.25, 0.3) is 0 Å². The number of carbonyl (C=O) groups is 4. The van der Waals surface area contributed by atoms with E-state index in [2.05, 4.69) is 0 Å². The summed E-state index contributed by atoms with van der Waals surface area (Å²) in [6, 6.07) is 4.96. The van der Waals surface area contributed by atoms with Gasteiger partial charge in [-0.25, -0.2) is 0 Å². The summed E-state index contributed by atoms with van der Waals surface area (Å²) in [5.74, 6) is -4.36. The van der Waals surface area contributed by atoms with Crippen molar-refractivity contribution in [2.45, 2.75) is 45.4 Å². The SMILES string of the molecule is COC(=O)C1CCC2CCC(C(=O)OC)C(CC1)C(=O)Oc1ccc(C)cc1OC2=O. The number of hydrogen-bond donors (Lipinski definition) is 0. The third-order valence-corrected chi connectivity index (χ3v) is 6.20. The maximum absolute atomic E-state index is 13.2. The molecule has 3 rings (SSSR count). The molecule has 1 heterocycles. The van der Waals surface area contributed by atoms with Gasteiger partial charge in [0.05, 0.1) is 37.9 Å². The fourth-order valence-corrected chi connectivity index (χ4v) is 4.36. The van der Waals surface area contributed by atoms with Crippen LogP contribution in [0.15, 0.2) is 18.2 Å². The highest BCUT2D eigenvalue weighted by molar-refractivity contribution is 5.84. The first-order valence-corrected chi connectivity index (χ1v) is 10.5. The van der Waals surface area contributed by atoms with Gasteiger partial charge in [-0.2, -0.15) is 0 Å². The van der Waals surface area contributed by atoms with Crippen molar-refractivity contribution in [3.8, 4) is 11.5 Å². The van der Waals surface area contributed by atoms with E-state index in [-0.39, 0.29) is 24.3 Å². The molecule has 4 unspecified atom stereocenters. The van der Waals surface area contributed by atoms with E-state index in [9.17, 15) is 19.2 Å². The molecule has 1 aromatic carbocycles. The van der Waals surface area contributed by atoms with E-state index < -0.39 is 47.5 Å². The van der Waals surface area contributed by atoms with Crippen LogP contribution < -0.4 is 9.47 Å². The summed E-state index contributed by atoms with van der Waals surface area (Å²) >= 11 is 0. The summed E-state index contributed by atoms with van der Waals surface area (Å²) < 4.78 is 21.1. The Morgan fingerprint density at radius 1 is 0.839 bits per heavy atom. The second kappa shape index (κ2) is 9.94. The molecule has 0 radical (unpaired) electrons. The lowest BCUT2D eigenvalue weighted by atomic mass is 9.78. The summed E-state index contributed by atoms with van der Waals surface area (Å²) in [6.07, 6.45) is 2.05. The predicted molar refractivity (Wildman–Crippen MR) is 108 cm³/mol. The molecule has 8 nitrogen and oxygen atoms in total. The molecule has 0 saturated heterocycles. The van der Waals surface area contributed by atoms with Crippen molar-refractivity contribution in [2.75, 3.05) is 14.2 Å². The Hall–Kier alpha value is -2.90. The zero-order valence-corrected chi connectivity index (χ0v) is 18.1. The first-order valence-electron chi connectivity index (χ1n) is 10.5. The topological polar surface area (TPSA) is 105 Å². The van der Waals surface area contributed by atoms with Gasteiger partial charge >= 0.3 is 23.9 Å². The lowest BCUT2D eigenvalue weighted by Gasteiger charge is -2.27. The fourth-order valence-electron chi connectivity index (χ4n) is 4.36. The minimum absolute atomic E-state index is 0.127. The van der Waals surface area contributed by atoms with E-state index in [0.29, 0.717) is 25.7 Å². The van der Waals surface area contributed by atoms with Crippen LogP contribution in [0.2, 0.25) is 0 Å². The van der Waals surface area contributed by atoms with E-state index in [4.69, 9.17) is 18.9 Å². The normalized spacial score (nSPS) is 26.7. The number of ether oxygens (including phenoxy) is 4. The standard InChI is InChI=1S/C23H28O8/c1-13-4-11-18-19(12-13)31-21(25)15-6-5-14(20(24)28-2)7-10-17(23(27)30-18)16(9-8-15)22(26)29-3/h4,11-12,14-17H,5-10H2,1-3H3. The van der Waals surface area contributed by atoms with Crippen molar-refractivity contribution < 1.29 is 38.1 Å².